The van der Waals surface area contributed by atoms with Crippen molar-refractivity contribution in [1.29, 1.82) is 0 Å². The number of nitrogens with one attached hydrogen (secondary N) is 2. The van der Waals surface area contributed by atoms with Crippen LogP contribution in [0.4, 0.5) is 0 Å². The molecule has 0 spiro atoms. The summed E-state index contributed by atoms with van der Waals surface area (Å²) >= 11 is 0. The summed E-state index contributed by atoms with van der Waals surface area (Å²) in [5.41, 5.74) is 10.0. The zero-order valence-corrected chi connectivity index (χ0v) is 19.1. The third-order valence-electron chi connectivity index (χ3n) is 4.81. The molecule has 0 radical (unpaired) electrons. The Kier molecular flexibility index (Phi) is 7.96. The van der Waals surface area contributed by atoms with Crippen molar-refractivity contribution in [1.82, 2.24) is 10.9 Å². The van der Waals surface area contributed by atoms with Crippen LogP contribution in [0.15, 0.2) is 93.2 Å². The first-order valence-electron chi connectivity index (χ1n) is 10.4. The fraction of sp³-hybridized carbons (Fsp3) is 0.120. The summed E-state index contributed by atoms with van der Waals surface area (Å²) in [4.78, 5) is 0. The monoisotopic (exact) mass is 458 g/mol. The number of hydrazone groups is 2. The smallest absolute Gasteiger partial charge is 0.257 e. The third-order valence-corrected chi connectivity index (χ3v) is 4.81. The van der Waals surface area contributed by atoms with Crippen molar-refractivity contribution in [3.63, 3.8) is 0 Å². The molecule has 0 aliphatic heterocycles. The van der Waals surface area contributed by atoms with Gasteiger partial charge in [0.15, 0.2) is 0 Å². The van der Waals surface area contributed by atoms with Crippen molar-refractivity contribution < 1.29 is 15.3 Å². The Morgan fingerprint density at radius 3 is 1.18 bits per heavy atom. The summed E-state index contributed by atoms with van der Waals surface area (Å²) < 4.78 is 0. The van der Waals surface area contributed by atoms with E-state index in [2.05, 4.69) is 31.3 Å². The first-order valence-corrected chi connectivity index (χ1v) is 10.4. The highest BCUT2D eigenvalue weighted by molar-refractivity contribution is 6.01. The van der Waals surface area contributed by atoms with Crippen LogP contribution in [0.5, 0.6) is 17.2 Å². The maximum absolute atomic E-state index is 9.48. The molecule has 0 aliphatic rings. The van der Waals surface area contributed by atoms with Gasteiger partial charge in [0, 0.05) is 0 Å². The first-order chi connectivity index (χ1) is 16.3. The molecule has 34 heavy (non-hydrogen) atoms. The maximum Gasteiger partial charge on any atom is 0.257 e. The van der Waals surface area contributed by atoms with Gasteiger partial charge in [-0.25, -0.2) is 10.9 Å². The van der Waals surface area contributed by atoms with Crippen molar-refractivity contribution in [2.75, 3.05) is 0 Å². The van der Waals surface area contributed by atoms with Gasteiger partial charge in [0.2, 0.25) is 0 Å². The number of nitrogens with zero attached hydrogens (tertiary/aromatic N) is 4. The third kappa shape index (κ3) is 6.92. The van der Waals surface area contributed by atoms with Gasteiger partial charge in [0.25, 0.3) is 5.96 Å². The first kappa shape index (κ1) is 24.0. The van der Waals surface area contributed by atoms with Crippen LogP contribution in [-0.2, 0) is 0 Å². The fourth-order valence-corrected chi connectivity index (χ4v) is 2.76. The lowest BCUT2D eigenvalue weighted by atomic mass is 10.1. The standard InChI is InChI=1S/C25H26N6O3/c1-16(19-4-10-22(32)11-5-19)26-29-25(30-27-17(2)20-6-12-23(33)13-7-20)31-28-18(3)21-8-14-24(34)15-9-21/h4-15,32-34H,1-3H3,(H2,29,30,31)/b26-16-,27-17+,28-18+. The molecule has 0 unspecified atom stereocenters. The maximum atomic E-state index is 9.48. The lowest BCUT2D eigenvalue weighted by molar-refractivity contribution is 0.474. The van der Waals surface area contributed by atoms with Gasteiger partial charge in [-0.3, -0.25) is 0 Å². The van der Waals surface area contributed by atoms with Crippen LogP contribution < -0.4 is 10.9 Å². The SMILES string of the molecule is C/C(=N/NC(=N/N=C(\C)c1ccc(O)cc1)N/N=C(\C)c1ccc(O)cc1)c1ccc(O)cc1. The second-order valence-corrected chi connectivity index (χ2v) is 7.39. The summed E-state index contributed by atoms with van der Waals surface area (Å²) in [7, 11) is 0. The van der Waals surface area contributed by atoms with E-state index in [0.717, 1.165) is 16.7 Å². The van der Waals surface area contributed by atoms with Crippen LogP contribution in [0.2, 0.25) is 0 Å². The summed E-state index contributed by atoms with van der Waals surface area (Å²) in [6.07, 6.45) is 0. The second-order valence-electron chi connectivity index (χ2n) is 7.39. The number of aromatic hydroxyl groups is 3. The summed E-state index contributed by atoms with van der Waals surface area (Å²) in [6.45, 7) is 5.42. The Balaban J connectivity index is 1.84. The minimum atomic E-state index is 0.169. The molecule has 174 valence electrons. The molecule has 0 atom stereocenters. The largest absolute Gasteiger partial charge is 0.508 e. The molecule has 3 aromatic rings. The molecule has 0 amide bonds. The van der Waals surface area contributed by atoms with Crippen molar-refractivity contribution in [3.8, 4) is 17.2 Å². The van der Waals surface area contributed by atoms with E-state index in [1.807, 2.05) is 13.8 Å². The molecule has 0 bridgehead atoms. The van der Waals surface area contributed by atoms with Gasteiger partial charge < -0.3 is 15.3 Å². The Morgan fingerprint density at radius 2 is 0.824 bits per heavy atom. The number of hydrogen-bond acceptors (Lipinski definition) is 7. The average molecular weight is 459 g/mol. The highest BCUT2D eigenvalue weighted by atomic mass is 16.3. The van der Waals surface area contributed by atoms with E-state index < -0.39 is 0 Å². The van der Waals surface area contributed by atoms with Gasteiger partial charge in [-0.2, -0.15) is 15.3 Å². The number of hydrogen-bond donors (Lipinski definition) is 5. The van der Waals surface area contributed by atoms with Crippen LogP contribution in [0.3, 0.4) is 0 Å². The highest BCUT2D eigenvalue weighted by Crippen LogP contribution is 2.12. The number of benzene rings is 3. The van der Waals surface area contributed by atoms with Crippen LogP contribution >= 0.6 is 0 Å². The molecule has 0 saturated heterocycles. The van der Waals surface area contributed by atoms with Crippen molar-refractivity contribution in [3.05, 3.63) is 89.5 Å². The van der Waals surface area contributed by atoms with Gasteiger partial charge in [0.1, 0.15) is 17.2 Å². The quantitative estimate of drug-likeness (QED) is 0.217. The van der Waals surface area contributed by atoms with Gasteiger partial charge >= 0.3 is 0 Å². The molecule has 5 N–H and O–H groups in total. The van der Waals surface area contributed by atoms with E-state index in [0.29, 0.717) is 17.1 Å². The van der Waals surface area contributed by atoms with Crippen molar-refractivity contribution >= 4 is 23.1 Å². The molecule has 0 heterocycles. The average Bonchev–Trinajstić information content (AvgIpc) is 2.84. The number of guanidine groups is 1. The predicted molar refractivity (Wildman–Crippen MR) is 135 cm³/mol. The molecular weight excluding hydrogens is 432 g/mol. The van der Waals surface area contributed by atoms with Crippen LogP contribution in [0.25, 0.3) is 0 Å². The Morgan fingerprint density at radius 1 is 0.500 bits per heavy atom. The van der Waals surface area contributed by atoms with Crippen molar-refractivity contribution in [2.45, 2.75) is 20.8 Å². The van der Waals surface area contributed by atoms with Crippen LogP contribution in [0, 0.1) is 0 Å². The lowest BCUT2D eigenvalue weighted by Gasteiger charge is -2.07. The van der Waals surface area contributed by atoms with Gasteiger partial charge in [0.05, 0.1) is 17.1 Å². The van der Waals surface area contributed by atoms with Gasteiger partial charge in [-0.05, 0) is 110 Å². The van der Waals surface area contributed by atoms with Crippen LogP contribution in [-0.4, -0.2) is 38.4 Å². The van der Waals surface area contributed by atoms with E-state index in [1.165, 1.54) is 0 Å². The molecule has 0 aromatic heterocycles. The normalized spacial score (nSPS) is 13.0. The van der Waals surface area contributed by atoms with E-state index in [1.54, 1.807) is 79.7 Å². The molecule has 0 saturated carbocycles. The summed E-state index contributed by atoms with van der Waals surface area (Å²) in [5.74, 6) is 0.689. The van der Waals surface area contributed by atoms with E-state index in [9.17, 15) is 15.3 Å². The zero-order valence-electron chi connectivity index (χ0n) is 19.1. The molecule has 0 fully saturated rings. The van der Waals surface area contributed by atoms with E-state index >= 15 is 0 Å². The number of rotatable bonds is 6. The Bertz CT molecular complexity index is 1160. The van der Waals surface area contributed by atoms with E-state index in [-0.39, 0.29) is 23.2 Å². The molecule has 3 rings (SSSR count). The Labute approximate surface area is 197 Å². The number of phenolic OH excluding ortho intramolecular Hbond substituents is 3. The van der Waals surface area contributed by atoms with Gasteiger partial charge in [-0.1, -0.05) is 0 Å². The van der Waals surface area contributed by atoms with Crippen molar-refractivity contribution in [2.24, 2.45) is 20.4 Å². The molecule has 9 heteroatoms. The van der Waals surface area contributed by atoms with Crippen LogP contribution in [0.1, 0.15) is 37.5 Å². The fourth-order valence-electron chi connectivity index (χ4n) is 2.76. The Hall–Kier alpha value is -4.66. The topological polar surface area (TPSA) is 134 Å². The summed E-state index contributed by atoms with van der Waals surface area (Å²) in [5, 5.41) is 45.6. The van der Waals surface area contributed by atoms with E-state index in [4.69, 9.17) is 0 Å². The minimum Gasteiger partial charge on any atom is -0.508 e. The zero-order chi connectivity index (χ0) is 24.5. The second kappa shape index (κ2) is 11.3. The minimum absolute atomic E-state index is 0.169. The predicted octanol–water partition coefficient (Wildman–Crippen LogP) is 3.91. The number of phenols is 3. The molecule has 9 nitrogen and oxygen atoms in total. The molecule has 3 aromatic carbocycles. The van der Waals surface area contributed by atoms with Gasteiger partial charge in [-0.15, -0.1) is 5.10 Å². The molecular formula is C25H26N6O3. The molecule has 0 aliphatic carbocycles. The lowest BCUT2D eigenvalue weighted by Crippen LogP contribution is -2.32. The highest BCUT2D eigenvalue weighted by Gasteiger charge is 2.03. The summed E-state index contributed by atoms with van der Waals surface area (Å²) in [6, 6.07) is 20.0.